The number of carboxylic acid groups (broad SMARTS) is 1. The first-order valence-corrected chi connectivity index (χ1v) is 6.96. The Morgan fingerprint density at radius 2 is 2.05 bits per heavy atom. The molecular formula is C15H20N2O3. The number of amides is 1. The van der Waals surface area contributed by atoms with E-state index in [1.54, 1.807) is 25.4 Å². The number of aromatic nitrogens is 1. The summed E-state index contributed by atoms with van der Waals surface area (Å²) in [5, 5.41) is 9.31. The number of hydrogen-bond donors (Lipinski definition) is 1. The molecule has 1 aromatic rings. The fourth-order valence-corrected chi connectivity index (χ4v) is 2.94. The van der Waals surface area contributed by atoms with Crippen LogP contribution in [0.15, 0.2) is 24.4 Å². The third-order valence-corrected chi connectivity index (χ3v) is 4.20. The van der Waals surface area contributed by atoms with Gasteiger partial charge >= 0.3 is 5.97 Å². The summed E-state index contributed by atoms with van der Waals surface area (Å²) in [6, 6.07) is 5.34. The van der Waals surface area contributed by atoms with Gasteiger partial charge in [0.05, 0.1) is 11.8 Å². The third kappa shape index (κ3) is 2.81. The largest absolute Gasteiger partial charge is 0.481 e. The Morgan fingerprint density at radius 1 is 1.35 bits per heavy atom. The van der Waals surface area contributed by atoms with Crippen LogP contribution in [0.25, 0.3) is 0 Å². The second-order valence-electron chi connectivity index (χ2n) is 5.38. The summed E-state index contributed by atoms with van der Waals surface area (Å²) in [6.45, 7) is 2.04. The molecule has 1 aliphatic rings. The third-order valence-electron chi connectivity index (χ3n) is 4.20. The summed E-state index contributed by atoms with van der Waals surface area (Å²) in [6.07, 6.45) is 3.79. The molecule has 3 atom stereocenters. The Balaban J connectivity index is 2.17. The molecule has 1 aliphatic carbocycles. The van der Waals surface area contributed by atoms with E-state index in [9.17, 15) is 14.7 Å². The molecule has 0 radical (unpaired) electrons. The van der Waals surface area contributed by atoms with Crippen molar-refractivity contribution in [1.82, 2.24) is 4.98 Å². The first-order chi connectivity index (χ1) is 9.54. The summed E-state index contributed by atoms with van der Waals surface area (Å²) in [7, 11) is 1.66. The molecule has 1 unspecified atom stereocenters. The predicted octanol–water partition coefficient (Wildman–Crippen LogP) is 2.18. The number of anilines is 1. The van der Waals surface area contributed by atoms with Crippen LogP contribution in [0.5, 0.6) is 0 Å². The van der Waals surface area contributed by atoms with E-state index in [1.165, 1.54) is 4.90 Å². The lowest BCUT2D eigenvalue weighted by atomic mass is 9.95. The van der Waals surface area contributed by atoms with Gasteiger partial charge in [-0.05, 0) is 30.9 Å². The summed E-state index contributed by atoms with van der Waals surface area (Å²) in [5.41, 5.74) is 0. The molecule has 0 saturated heterocycles. The van der Waals surface area contributed by atoms with Crippen LogP contribution in [0.4, 0.5) is 5.82 Å². The number of hydrogen-bond acceptors (Lipinski definition) is 3. The van der Waals surface area contributed by atoms with E-state index >= 15 is 0 Å². The molecule has 2 rings (SSSR count). The normalized spacial score (nSPS) is 25.4. The molecule has 0 spiro atoms. The highest BCUT2D eigenvalue weighted by molar-refractivity contribution is 5.96. The topological polar surface area (TPSA) is 70.5 Å². The van der Waals surface area contributed by atoms with Crippen LogP contribution >= 0.6 is 0 Å². The van der Waals surface area contributed by atoms with Crippen LogP contribution in [0, 0.1) is 17.8 Å². The summed E-state index contributed by atoms with van der Waals surface area (Å²) < 4.78 is 0. The van der Waals surface area contributed by atoms with Crippen LogP contribution in [-0.2, 0) is 9.59 Å². The fraction of sp³-hybridized carbons (Fsp3) is 0.533. The van der Waals surface area contributed by atoms with Gasteiger partial charge in [-0.3, -0.25) is 14.5 Å². The van der Waals surface area contributed by atoms with Crippen molar-refractivity contribution < 1.29 is 14.7 Å². The van der Waals surface area contributed by atoms with Crippen molar-refractivity contribution in [3.8, 4) is 0 Å². The van der Waals surface area contributed by atoms with Gasteiger partial charge in [-0.25, -0.2) is 4.98 Å². The molecule has 20 heavy (non-hydrogen) atoms. The van der Waals surface area contributed by atoms with E-state index in [0.717, 1.165) is 6.42 Å². The number of aliphatic carboxylic acids is 1. The Kier molecular flexibility index (Phi) is 4.37. The first-order valence-electron chi connectivity index (χ1n) is 6.96. The molecule has 1 N–H and O–H groups in total. The first kappa shape index (κ1) is 14.5. The molecule has 108 valence electrons. The van der Waals surface area contributed by atoms with Gasteiger partial charge in [0.25, 0.3) is 0 Å². The quantitative estimate of drug-likeness (QED) is 0.915. The second-order valence-corrected chi connectivity index (χ2v) is 5.38. The Labute approximate surface area is 118 Å². The van der Waals surface area contributed by atoms with Gasteiger partial charge in [0.1, 0.15) is 5.82 Å². The zero-order valence-electron chi connectivity index (χ0n) is 11.8. The second kappa shape index (κ2) is 6.03. The molecule has 1 heterocycles. The Bertz CT molecular complexity index is 489. The van der Waals surface area contributed by atoms with Gasteiger partial charge in [0.15, 0.2) is 0 Å². The summed E-state index contributed by atoms with van der Waals surface area (Å²) in [4.78, 5) is 29.5. The lowest BCUT2D eigenvalue weighted by Gasteiger charge is -2.22. The zero-order chi connectivity index (χ0) is 14.7. The number of carbonyl (C=O) groups excluding carboxylic acids is 1. The van der Waals surface area contributed by atoms with E-state index in [-0.39, 0.29) is 5.91 Å². The fourth-order valence-electron chi connectivity index (χ4n) is 2.94. The van der Waals surface area contributed by atoms with Gasteiger partial charge in [-0.1, -0.05) is 19.4 Å². The average Bonchev–Trinajstić information content (AvgIpc) is 2.91. The molecule has 1 saturated carbocycles. The molecule has 1 fully saturated rings. The maximum atomic E-state index is 12.5. The monoisotopic (exact) mass is 276 g/mol. The Morgan fingerprint density at radius 3 is 2.60 bits per heavy atom. The Hall–Kier alpha value is -1.91. The van der Waals surface area contributed by atoms with Gasteiger partial charge < -0.3 is 5.11 Å². The summed E-state index contributed by atoms with van der Waals surface area (Å²) in [5.74, 6) is -1.15. The number of nitrogens with zero attached hydrogens (tertiary/aromatic N) is 2. The zero-order valence-corrected chi connectivity index (χ0v) is 11.8. The lowest BCUT2D eigenvalue weighted by Crippen LogP contribution is -2.37. The average molecular weight is 276 g/mol. The minimum absolute atomic E-state index is 0.146. The maximum Gasteiger partial charge on any atom is 0.307 e. The number of carbonyl (C=O) groups is 2. The molecule has 0 aromatic carbocycles. The highest BCUT2D eigenvalue weighted by Gasteiger charge is 2.43. The molecular weight excluding hydrogens is 256 g/mol. The van der Waals surface area contributed by atoms with Crippen LogP contribution < -0.4 is 4.90 Å². The van der Waals surface area contributed by atoms with E-state index in [2.05, 4.69) is 4.98 Å². The van der Waals surface area contributed by atoms with Crippen molar-refractivity contribution in [1.29, 1.82) is 0 Å². The van der Waals surface area contributed by atoms with Gasteiger partial charge in [-0.2, -0.15) is 0 Å². The predicted molar refractivity (Wildman–Crippen MR) is 75.3 cm³/mol. The van der Waals surface area contributed by atoms with Crippen molar-refractivity contribution in [3.63, 3.8) is 0 Å². The SMILES string of the molecule is CCC1C[C@H](C(=O)N(C)c2ccccn2)[C@H](C(=O)O)C1. The van der Waals surface area contributed by atoms with Crippen LogP contribution in [-0.4, -0.2) is 29.0 Å². The van der Waals surface area contributed by atoms with Crippen LogP contribution in [0.1, 0.15) is 26.2 Å². The van der Waals surface area contributed by atoms with Gasteiger partial charge in [-0.15, -0.1) is 0 Å². The van der Waals surface area contributed by atoms with Gasteiger partial charge in [0.2, 0.25) is 5.91 Å². The number of carboxylic acids is 1. The number of pyridine rings is 1. The highest BCUT2D eigenvalue weighted by atomic mass is 16.4. The van der Waals surface area contributed by atoms with E-state index in [1.807, 2.05) is 13.0 Å². The molecule has 1 aromatic heterocycles. The minimum Gasteiger partial charge on any atom is -0.481 e. The highest BCUT2D eigenvalue weighted by Crippen LogP contribution is 2.39. The molecule has 1 amide bonds. The van der Waals surface area contributed by atoms with Crippen LogP contribution in [0.3, 0.4) is 0 Å². The smallest absolute Gasteiger partial charge is 0.307 e. The van der Waals surface area contributed by atoms with Crippen molar-refractivity contribution in [2.75, 3.05) is 11.9 Å². The van der Waals surface area contributed by atoms with E-state index in [0.29, 0.717) is 24.6 Å². The molecule has 0 aliphatic heterocycles. The van der Waals surface area contributed by atoms with Crippen molar-refractivity contribution in [2.45, 2.75) is 26.2 Å². The van der Waals surface area contributed by atoms with Crippen molar-refractivity contribution >= 4 is 17.7 Å². The minimum atomic E-state index is -0.867. The van der Waals surface area contributed by atoms with Crippen LogP contribution in [0.2, 0.25) is 0 Å². The standard InChI is InChI=1S/C15H20N2O3/c1-3-10-8-11(12(9-10)15(19)20)14(18)17(2)13-6-4-5-7-16-13/h4-7,10-12H,3,8-9H2,1-2H3,(H,19,20)/t10?,11-,12+/m0/s1. The van der Waals surface area contributed by atoms with Crippen molar-refractivity contribution in [3.05, 3.63) is 24.4 Å². The molecule has 5 nitrogen and oxygen atoms in total. The van der Waals surface area contributed by atoms with Gasteiger partial charge in [0, 0.05) is 13.2 Å². The summed E-state index contributed by atoms with van der Waals surface area (Å²) >= 11 is 0. The van der Waals surface area contributed by atoms with E-state index in [4.69, 9.17) is 0 Å². The van der Waals surface area contributed by atoms with E-state index < -0.39 is 17.8 Å². The number of rotatable bonds is 4. The van der Waals surface area contributed by atoms with Crippen molar-refractivity contribution in [2.24, 2.45) is 17.8 Å². The molecule has 5 heteroatoms. The maximum absolute atomic E-state index is 12.5. The lowest BCUT2D eigenvalue weighted by molar-refractivity contribution is -0.145. The molecule has 0 bridgehead atoms.